The van der Waals surface area contributed by atoms with Crippen molar-refractivity contribution in [2.75, 3.05) is 6.61 Å². The molecule has 1 aliphatic rings. The summed E-state index contributed by atoms with van der Waals surface area (Å²) in [6.07, 6.45) is -0.433. The first-order valence-electron chi connectivity index (χ1n) is 2.06. The Morgan fingerprint density at radius 2 is 2.62 bits per heavy atom. The molecule has 0 saturated carbocycles. The number of amides is 1. The highest BCUT2D eigenvalue weighted by molar-refractivity contribution is 6.25. The van der Waals surface area contributed by atoms with E-state index in [1.54, 1.807) is 0 Å². The molecule has 3 nitrogen and oxygen atoms in total. The molecule has 1 amide bonds. The van der Waals surface area contributed by atoms with Gasteiger partial charge < -0.3 is 4.74 Å². The fourth-order valence-corrected chi connectivity index (χ4v) is 0.523. The fraction of sp³-hybridized carbons (Fsp3) is 0.250. The number of halogens is 1. The molecular formula is C4H4ClNO2. The SMILES string of the molecule is O=C1N/C(=C/Cl)CO1. The molecule has 0 aromatic rings. The van der Waals surface area contributed by atoms with E-state index in [9.17, 15) is 4.79 Å². The summed E-state index contributed by atoms with van der Waals surface area (Å²) in [7, 11) is 0. The van der Waals surface area contributed by atoms with Gasteiger partial charge in [-0.25, -0.2) is 4.79 Å². The van der Waals surface area contributed by atoms with Gasteiger partial charge in [0.1, 0.15) is 6.61 Å². The van der Waals surface area contributed by atoms with Crippen LogP contribution in [0.2, 0.25) is 0 Å². The second-order valence-electron chi connectivity index (χ2n) is 1.34. The molecule has 0 spiro atoms. The lowest BCUT2D eigenvalue weighted by Crippen LogP contribution is -2.10. The van der Waals surface area contributed by atoms with Crippen molar-refractivity contribution in [2.24, 2.45) is 0 Å². The Morgan fingerprint density at radius 3 is 2.88 bits per heavy atom. The molecule has 1 N–H and O–H groups in total. The lowest BCUT2D eigenvalue weighted by Gasteiger charge is -1.82. The predicted octanol–water partition coefficient (Wildman–Crippen LogP) is 0.806. The Labute approximate surface area is 51.3 Å². The average Bonchev–Trinajstić information content (AvgIpc) is 2.14. The molecule has 0 aromatic heterocycles. The molecule has 0 radical (unpaired) electrons. The first-order valence-corrected chi connectivity index (χ1v) is 2.49. The number of hydrogen-bond donors (Lipinski definition) is 1. The summed E-state index contributed by atoms with van der Waals surface area (Å²) in [6, 6.07) is 0. The van der Waals surface area contributed by atoms with E-state index in [0.717, 1.165) is 0 Å². The molecule has 1 rings (SSSR count). The van der Waals surface area contributed by atoms with Gasteiger partial charge in [-0.3, -0.25) is 5.32 Å². The van der Waals surface area contributed by atoms with Crippen LogP contribution in [0.5, 0.6) is 0 Å². The van der Waals surface area contributed by atoms with Crippen molar-refractivity contribution in [1.29, 1.82) is 0 Å². The third-order valence-corrected chi connectivity index (χ3v) is 1.02. The van der Waals surface area contributed by atoms with Gasteiger partial charge in [-0.15, -0.1) is 0 Å². The summed E-state index contributed by atoms with van der Waals surface area (Å²) in [4.78, 5) is 10.2. The Balaban J connectivity index is 2.56. The topological polar surface area (TPSA) is 38.3 Å². The van der Waals surface area contributed by atoms with Gasteiger partial charge in [0.15, 0.2) is 0 Å². The van der Waals surface area contributed by atoms with Gasteiger partial charge in [0.2, 0.25) is 0 Å². The zero-order valence-electron chi connectivity index (χ0n) is 3.98. The molecular weight excluding hydrogens is 130 g/mol. The molecule has 8 heavy (non-hydrogen) atoms. The molecule has 0 aliphatic carbocycles. The number of carbonyl (C=O) groups excluding carboxylic acids is 1. The Kier molecular flexibility index (Phi) is 1.39. The van der Waals surface area contributed by atoms with E-state index < -0.39 is 6.09 Å². The lowest BCUT2D eigenvalue weighted by molar-refractivity contribution is 0.179. The molecule has 0 unspecified atom stereocenters. The molecule has 44 valence electrons. The maximum atomic E-state index is 10.2. The van der Waals surface area contributed by atoms with Gasteiger partial charge in [-0.1, -0.05) is 11.6 Å². The van der Waals surface area contributed by atoms with E-state index in [1.165, 1.54) is 5.54 Å². The van der Waals surface area contributed by atoms with Crippen LogP contribution >= 0.6 is 11.6 Å². The molecule has 0 atom stereocenters. The number of ether oxygens (including phenoxy) is 1. The molecule has 1 saturated heterocycles. The highest BCUT2D eigenvalue weighted by Gasteiger charge is 2.13. The van der Waals surface area contributed by atoms with Crippen molar-refractivity contribution in [2.45, 2.75) is 0 Å². The van der Waals surface area contributed by atoms with Crippen molar-refractivity contribution in [1.82, 2.24) is 5.32 Å². The van der Waals surface area contributed by atoms with Crippen LogP contribution in [0.25, 0.3) is 0 Å². The Bertz CT molecular complexity index is 143. The maximum absolute atomic E-state index is 10.2. The van der Waals surface area contributed by atoms with Crippen LogP contribution < -0.4 is 5.32 Å². The summed E-state index contributed by atoms with van der Waals surface area (Å²) in [6.45, 7) is 0.266. The summed E-state index contributed by atoms with van der Waals surface area (Å²) < 4.78 is 4.45. The minimum atomic E-state index is -0.433. The number of hydrogen-bond acceptors (Lipinski definition) is 2. The highest BCUT2D eigenvalue weighted by atomic mass is 35.5. The Hall–Kier alpha value is -0.700. The van der Waals surface area contributed by atoms with Crippen molar-refractivity contribution in [3.05, 3.63) is 11.2 Å². The molecule has 0 bridgehead atoms. The van der Waals surface area contributed by atoms with Gasteiger partial charge in [-0.2, -0.15) is 0 Å². The van der Waals surface area contributed by atoms with Crippen LogP contribution in [0.4, 0.5) is 4.79 Å². The zero-order chi connectivity index (χ0) is 5.98. The molecule has 0 aromatic carbocycles. The number of alkyl carbamates (subject to hydrolysis) is 1. The van der Waals surface area contributed by atoms with Crippen LogP contribution in [-0.4, -0.2) is 12.7 Å². The first-order chi connectivity index (χ1) is 3.83. The second-order valence-corrected chi connectivity index (χ2v) is 1.55. The highest BCUT2D eigenvalue weighted by Crippen LogP contribution is 2.01. The first kappa shape index (κ1) is 5.44. The molecule has 1 heterocycles. The number of nitrogens with one attached hydrogen (secondary N) is 1. The van der Waals surface area contributed by atoms with Crippen molar-refractivity contribution in [3.8, 4) is 0 Å². The van der Waals surface area contributed by atoms with Gasteiger partial charge in [-0.05, 0) is 0 Å². The minimum Gasteiger partial charge on any atom is -0.443 e. The largest absolute Gasteiger partial charge is 0.443 e. The number of carbonyl (C=O) groups is 1. The lowest BCUT2D eigenvalue weighted by atomic mass is 10.6. The molecule has 1 aliphatic heterocycles. The Morgan fingerprint density at radius 1 is 1.88 bits per heavy atom. The summed E-state index contributed by atoms with van der Waals surface area (Å²) in [5.41, 5.74) is 1.89. The van der Waals surface area contributed by atoms with Gasteiger partial charge in [0, 0.05) is 5.54 Å². The van der Waals surface area contributed by atoms with Crippen LogP contribution in [0.15, 0.2) is 11.2 Å². The second kappa shape index (κ2) is 2.05. The van der Waals surface area contributed by atoms with Gasteiger partial charge in [0.25, 0.3) is 0 Å². The normalized spacial score (nSPS) is 23.1. The summed E-state index contributed by atoms with van der Waals surface area (Å²) in [5, 5.41) is 2.37. The van der Waals surface area contributed by atoms with Gasteiger partial charge in [0.05, 0.1) is 5.70 Å². The van der Waals surface area contributed by atoms with Crippen LogP contribution in [0.3, 0.4) is 0 Å². The number of cyclic esters (lactones) is 1. The maximum Gasteiger partial charge on any atom is 0.411 e. The minimum absolute atomic E-state index is 0.266. The zero-order valence-corrected chi connectivity index (χ0v) is 4.73. The monoisotopic (exact) mass is 133 g/mol. The van der Waals surface area contributed by atoms with E-state index in [-0.39, 0.29) is 6.61 Å². The average molecular weight is 134 g/mol. The smallest absolute Gasteiger partial charge is 0.411 e. The summed E-state index contributed by atoms with van der Waals surface area (Å²) in [5.74, 6) is 0. The van der Waals surface area contributed by atoms with E-state index in [2.05, 4.69) is 10.1 Å². The van der Waals surface area contributed by atoms with E-state index >= 15 is 0 Å². The third kappa shape index (κ3) is 0.924. The van der Waals surface area contributed by atoms with Crippen molar-refractivity contribution in [3.63, 3.8) is 0 Å². The van der Waals surface area contributed by atoms with Crippen molar-refractivity contribution < 1.29 is 9.53 Å². The quantitative estimate of drug-likeness (QED) is 0.531. The van der Waals surface area contributed by atoms with E-state index in [1.807, 2.05) is 0 Å². The predicted molar refractivity (Wildman–Crippen MR) is 28.4 cm³/mol. The standard InChI is InChI=1S/C4H4ClNO2/c5-1-3-2-8-4(7)6-3/h1H,2H2,(H,6,7)/b3-1+. The molecule has 4 heteroatoms. The third-order valence-electron chi connectivity index (χ3n) is 0.753. The molecule has 1 fully saturated rings. The van der Waals surface area contributed by atoms with E-state index in [0.29, 0.717) is 5.70 Å². The van der Waals surface area contributed by atoms with Crippen LogP contribution in [-0.2, 0) is 4.74 Å². The van der Waals surface area contributed by atoms with Crippen molar-refractivity contribution >= 4 is 17.7 Å². The van der Waals surface area contributed by atoms with Crippen LogP contribution in [0, 0.1) is 0 Å². The van der Waals surface area contributed by atoms with Crippen LogP contribution in [0.1, 0.15) is 0 Å². The van der Waals surface area contributed by atoms with E-state index in [4.69, 9.17) is 11.6 Å². The number of rotatable bonds is 0. The fourth-order valence-electron chi connectivity index (χ4n) is 0.405. The summed E-state index contributed by atoms with van der Waals surface area (Å²) >= 11 is 5.22. The van der Waals surface area contributed by atoms with Gasteiger partial charge >= 0.3 is 6.09 Å².